The van der Waals surface area contributed by atoms with E-state index in [0.29, 0.717) is 5.65 Å². The molecule has 3 N–H and O–H groups in total. The lowest BCUT2D eigenvalue weighted by Crippen LogP contribution is -2.36. The normalized spacial score (nSPS) is 10.6. The Balaban J connectivity index is 2.74. The van der Waals surface area contributed by atoms with Crippen molar-refractivity contribution in [3.8, 4) is 0 Å². The maximum absolute atomic E-state index is 11.8. The Bertz CT molecular complexity index is 676. The van der Waals surface area contributed by atoms with Crippen LogP contribution < -0.4 is 16.8 Å². The molecule has 0 fully saturated rings. The molecule has 2 aromatic rings. The Labute approximate surface area is 103 Å². The number of nitrogens with two attached hydrogens (primary N) is 1. The minimum atomic E-state index is -0.439. The molecule has 2 rings (SSSR count). The van der Waals surface area contributed by atoms with Crippen LogP contribution in [-0.2, 0) is 11.3 Å². The number of amides is 1. The number of hydrazine groups is 1. The highest BCUT2D eigenvalue weighted by Gasteiger charge is 2.10. The number of aryl methyl sites for hydroxylation is 2. The van der Waals surface area contributed by atoms with Gasteiger partial charge < -0.3 is 0 Å². The van der Waals surface area contributed by atoms with Crippen LogP contribution >= 0.6 is 0 Å². The maximum atomic E-state index is 11.8. The molecule has 0 aliphatic carbocycles. The molecular formula is C12H14N4O2. The Morgan fingerprint density at radius 1 is 1.44 bits per heavy atom. The van der Waals surface area contributed by atoms with E-state index in [9.17, 15) is 9.59 Å². The molecule has 0 saturated heterocycles. The number of hydrogen-bond donors (Lipinski definition) is 2. The molecule has 0 atom stereocenters. The van der Waals surface area contributed by atoms with E-state index in [4.69, 9.17) is 5.84 Å². The van der Waals surface area contributed by atoms with Gasteiger partial charge in [0.25, 0.3) is 11.5 Å². The second-order valence-corrected chi connectivity index (χ2v) is 4.14. The molecule has 0 unspecified atom stereocenters. The van der Waals surface area contributed by atoms with Gasteiger partial charge in [0.2, 0.25) is 0 Å². The van der Waals surface area contributed by atoms with E-state index < -0.39 is 5.91 Å². The number of carbonyl (C=O) groups is 1. The molecule has 1 amide bonds. The second-order valence-electron chi connectivity index (χ2n) is 4.14. The van der Waals surface area contributed by atoms with Gasteiger partial charge in [0.05, 0.1) is 0 Å². The van der Waals surface area contributed by atoms with Gasteiger partial charge in [0.15, 0.2) is 0 Å². The van der Waals surface area contributed by atoms with Gasteiger partial charge in [-0.3, -0.25) is 19.6 Å². The smallest absolute Gasteiger partial charge is 0.253 e. The molecule has 0 saturated carbocycles. The van der Waals surface area contributed by atoms with Crippen molar-refractivity contribution in [1.29, 1.82) is 0 Å². The van der Waals surface area contributed by atoms with Crippen LogP contribution in [0.5, 0.6) is 0 Å². The third kappa shape index (κ3) is 2.10. The van der Waals surface area contributed by atoms with Crippen molar-refractivity contribution >= 4 is 16.9 Å². The molecule has 94 valence electrons. The number of carbonyl (C=O) groups excluding carboxylic acids is 1. The summed E-state index contributed by atoms with van der Waals surface area (Å²) in [6.45, 7) is 3.65. The standard InChI is InChI=1S/C12H14N4O2/c1-7-5-8(2)14-12-9(7)3-4-11(18)16(12)6-10(17)15-13/h3-5H,6,13H2,1-2H3,(H,15,17). The van der Waals surface area contributed by atoms with E-state index in [1.54, 1.807) is 6.07 Å². The molecule has 0 aliphatic rings. The molecule has 0 aliphatic heterocycles. The number of nitrogens with zero attached hydrogens (tertiary/aromatic N) is 2. The molecule has 0 radical (unpaired) electrons. The fraction of sp³-hybridized carbons (Fsp3) is 0.250. The fourth-order valence-corrected chi connectivity index (χ4v) is 1.93. The van der Waals surface area contributed by atoms with E-state index in [0.717, 1.165) is 16.6 Å². The topological polar surface area (TPSA) is 90.0 Å². The van der Waals surface area contributed by atoms with E-state index in [-0.39, 0.29) is 12.1 Å². The zero-order valence-electron chi connectivity index (χ0n) is 10.2. The van der Waals surface area contributed by atoms with Crippen LogP contribution in [0, 0.1) is 13.8 Å². The lowest BCUT2D eigenvalue weighted by Gasteiger charge is -2.10. The Morgan fingerprint density at radius 2 is 2.17 bits per heavy atom. The molecule has 18 heavy (non-hydrogen) atoms. The Hall–Kier alpha value is -2.21. The first-order valence-corrected chi connectivity index (χ1v) is 5.50. The van der Waals surface area contributed by atoms with E-state index in [2.05, 4.69) is 4.98 Å². The largest absolute Gasteiger partial charge is 0.293 e. The Morgan fingerprint density at radius 3 is 2.83 bits per heavy atom. The highest BCUT2D eigenvalue weighted by atomic mass is 16.2. The van der Waals surface area contributed by atoms with Crippen molar-refractivity contribution in [3.63, 3.8) is 0 Å². The van der Waals surface area contributed by atoms with Crippen molar-refractivity contribution in [2.45, 2.75) is 20.4 Å². The van der Waals surface area contributed by atoms with Crippen LogP contribution in [-0.4, -0.2) is 15.5 Å². The van der Waals surface area contributed by atoms with Gasteiger partial charge >= 0.3 is 0 Å². The van der Waals surface area contributed by atoms with Crippen LogP contribution in [0.4, 0.5) is 0 Å². The Kier molecular flexibility index (Phi) is 3.12. The minimum Gasteiger partial charge on any atom is -0.293 e. The molecule has 2 heterocycles. The zero-order valence-corrected chi connectivity index (χ0v) is 10.2. The quantitative estimate of drug-likeness (QED) is 0.443. The van der Waals surface area contributed by atoms with Gasteiger partial charge in [0.1, 0.15) is 12.2 Å². The van der Waals surface area contributed by atoms with Crippen molar-refractivity contribution in [3.05, 3.63) is 39.8 Å². The molecule has 0 bridgehead atoms. The van der Waals surface area contributed by atoms with Crippen LogP contribution in [0.25, 0.3) is 11.0 Å². The summed E-state index contributed by atoms with van der Waals surface area (Å²) in [7, 11) is 0. The highest BCUT2D eigenvalue weighted by molar-refractivity contribution is 5.81. The number of pyridine rings is 2. The van der Waals surface area contributed by atoms with Crippen molar-refractivity contribution < 1.29 is 4.79 Å². The third-order valence-electron chi connectivity index (χ3n) is 2.75. The number of rotatable bonds is 2. The summed E-state index contributed by atoms with van der Waals surface area (Å²) in [5, 5.41) is 0.852. The fourth-order valence-electron chi connectivity index (χ4n) is 1.93. The van der Waals surface area contributed by atoms with Crippen LogP contribution in [0.15, 0.2) is 23.0 Å². The first-order chi connectivity index (χ1) is 8.52. The number of aromatic nitrogens is 2. The number of nitrogens with one attached hydrogen (secondary N) is 1. The minimum absolute atomic E-state index is 0.136. The molecule has 6 heteroatoms. The van der Waals surface area contributed by atoms with Crippen LogP contribution in [0.3, 0.4) is 0 Å². The summed E-state index contributed by atoms with van der Waals surface area (Å²) < 4.78 is 1.32. The summed E-state index contributed by atoms with van der Waals surface area (Å²) in [5.74, 6) is 4.60. The van der Waals surface area contributed by atoms with Crippen molar-refractivity contribution in [1.82, 2.24) is 15.0 Å². The zero-order chi connectivity index (χ0) is 13.3. The molecule has 0 aromatic carbocycles. The van der Waals surface area contributed by atoms with Gasteiger partial charge in [0, 0.05) is 17.1 Å². The molecule has 6 nitrogen and oxygen atoms in total. The molecule has 2 aromatic heterocycles. The average Bonchev–Trinajstić information content (AvgIpc) is 2.32. The van der Waals surface area contributed by atoms with Crippen molar-refractivity contribution in [2.24, 2.45) is 5.84 Å². The lowest BCUT2D eigenvalue weighted by molar-refractivity contribution is -0.121. The van der Waals surface area contributed by atoms with Gasteiger partial charge in [-0.1, -0.05) is 0 Å². The van der Waals surface area contributed by atoms with Gasteiger partial charge in [-0.25, -0.2) is 10.8 Å². The lowest BCUT2D eigenvalue weighted by atomic mass is 10.1. The number of fused-ring (bicyclic) bond motifs is 1. The first kappa shape index (κ1) is 12.3. The number of hydrogen-bond acceptors (Lipinski definition) is 4. The predicted octanol–water partition coefficient (Wildman–Crippen LogP) is 0.00324. The third-order valence-corrected chi connectivity index (χ3v) is 2.75. The van der Waals surface area contributed by atoms with E-state index >= 15 is 0 Å². The maximum Gasteiger partial charge on any atom is 0.253 e. The van der Waals surface area contributed by atoms with Gasteiger partial charge in [-0.2, -0.15) is 0 Å². The summed E-state index contributed by atoms with van der Waals surface area (Å²) in [6.07, 6.45) is 0. The van der Waals surface area contributed by atoms with E-state index in [1.165, 1.54) is 10.6 Å². The van der Waals surface area contributed by atoms with Crippen LogP contribution in [0.2, 0.25) is 0 Å². The van der Waals surface area contributed by atoms with Crippen LogP contribution in [0.1, 0.15) is 11.3 Å². The monoisotopic (exact) mass is 246 g/mol. The SMILES string of the molecule is Cc1cc(C)c2ccc(=O)n(CC(=O)NN)c2n1. The van der Waals surface area contributed by atoms with Gasteiger partial charge in [-0.15, -0.1) is 0 Å². The first-order valence-electron chi connectivity index (χ1n) is 5.50. The molecular weight excluding hydrogens is 232 g/mol. The predicted molar refractivity (Wildman–Crippen MR) is 67.8 cm³/mol. The average molecular weight is 246 g/mol. The van der Waals surface area contributed by atoms with E-state index in [1.807, 2.05) is 25.3 Å². The second kappa shape index (κ2) is 4.58. The van der Waals surface area contributed by atoms with Gasteiger partial charge in [-0.05, 0) is 31.5 Å². The van der Waals surface area contributed by atoms with Crippen molar-refractivity contribution in [2.75, 3.05) is 0 Å². The summed E-state index contributed by atoms with van der Waals surface area (Å²) in [5.41, 5.74) is 4.05. The highest BCUT2D eigenvalue weighted by Crippen LogP contribution is 2.15. The summed E-state index contributed by atoms with van der Waals surface area (Å²) in [4.78, 5) is 27.5. The summed E-state index contributed by atoms with van der Waals surface area (Å²) in [6, 6.07) is 5.08. The summed E-state index contributed by atoms with van der Waals surface area (Å²) >= 11 is 0. The molecule has 0 spiro atoms.